The van der Waals surface area contributed by atoms with Crippen LogP contribution in [-0.2, 0) is 9.59 Å². The molecule has 0 amide bonds. The van der Waals surface area contributed by atoms with E-state index in [1.807, 2.05) is 0 Å². The maximum absolute atomic E-state index is 12.2. The molecule has 2 aliphatic carbocycles. The molecule has 2 unspecified atom stereocenters. The van der Waals surface area contributed by atoms with Crippen LogP contribution in [0.5, 0.6) is 0 Å². The number of unbranched alkanes of at least 4 members (excludes halogenated alkanes) is 1. The molecule has 2 heteroatoms. The highest BCUT2D eigenvalue weighted by Crippen LogP contribution is 2.37. The van der Waals surface area contributed by atoms with Crippen LogP contribution in [-0.4, -0.2) is 11.6 Å². The predicted molar refractivity (Wildman–Crippen MR) is 63.1 cm³/mol. The predicted octanol–water partition coefficient (Wildman–Crippen LogP) is 3.06. The van der Waals surface area contributed by atoms with E-state index in [2.05, 4.69) is 6.92 Å². The van der Waals surface area contributed by atoms with E-state index in [9.17, 15) is 9.59 Å². The Kier molecular flexibility index (Phi) is 3.57. The molecule has 0 bridgehead atoms. The standard InChI is InChI=1S/C14H20O2/c1-2-3-6-10-9-13(15)11-7-4-5-8-12(11)14(10)16/h9,11-12H,2-8H2,1H3. The summed E-state index contributed by atoms with van der Waals surface area (Å²) in [5.41, 5.74) is 0.801. The quantitative estimate of drug-likeness (QED) is 0.732. The van der Waals surface area contributed by atoms with Gasteiger partial charge in [-0.25, -0.2) is 0 Å². The van der Waals surface area contributed by atoms with Crippen molar-refractivity contribution in [3.63, 3.8) is 0 Å². The molecule has 0 saturated heterocycles. The lowest BCUT2D eigenvalue weighted by Gasteiger charge is -2.32. The van der Waals surface area contributed by atoms with Crippen LogP contribution in [0.4, 0.5) is 0 Å². The van der Waals surface area contributed by atoms with Crippen molar-refractivity contribution in [3.05, 3.63) is 11.6 Å². The topological polar surface area (TPSA) is 34.1 Å². The van der Waals surface area contributed by atoms with E-state index < -0.39 is 0 Å². The smallest absolute Gasteiger partial charge is 0.162 e. The van der Waals surface area contributed by atoms with Gasteiger partial charge in [0.25, 0.3) is 0 Å². The van der Waals surface area contributed by atoms with Crippen LogP contribution in [0.3, 0.4) is 0 Å². The second-order valence-corrected chi connectivity index (χ2v) is 5.04. The van der Waals surface area contributed by atoms with Crippen LogP contribution < -0.4 is 0 Å². The second-order valence-electron chi connectivity index (χ2n) is 5.04. The first-order valence-corrected chi connectivity index (χ1v) is 6.52. The van der Waals surface area contributed by atoms with Gasteiger partial charge in [-0.1, -0.05) is 26.2 Å². The SMILES string of the molecule is CCCCC1=CC(=O)C2CCCCC2C1=O. The van der Waals surface area contributed by atoms with E-state index in [1.165, 1.54) is 0 Å². The number of allylic oxidation sites excluding steroid dienone is 2. The zero-order chi connectivity index (χ0) is 11.5. The van der Waals surface area contributed by atoms with Crippen molar-refractivity contribution < 1.29 is 9.59 Å². The largest absolute Gasteiger partial charge is 0.295 e. The van der Waals surface area contributed by atoms with Crippen LogP contribution in [0.25, 0.3) is 0 Å². The van der Waals surface area contributed by atoms with Crippen LogP contribution in [0.2, 0.25) is 0 Å². The average Bonchev–Trinajstić information content (AvgIpc) is 2.32. The van der Waals surface area contributed by atoms with Gasteiger partial charge in [0.05, 0.1) is 0 Å². The van der Waals surface area contributed by atoms with Gasteiger partial charge >= 0.3 is 0 Å². The Balaban J connectivity index is 2.15. The molecule has 0 spiro atoms. The number of hydrogen-bond acceptors (Lipinski definition) is 2. The number of ketones is 2. The first-order chi connectivity index (χ1) is 7.74. The highest BCUT2D eigenvalue weighted by Gasteiger charge is 2.39. The Labute approximate surface area is 97.1 Å². The minimum absolute atomic E-state index is 0.0200. The number of carbonyl (C=O) groups excluding carboxylic acids is 2. The minimum Gasteiger partial charge on any atom is -0.295 e. The molecule has 2 rings (SSSR count). The third-order valence-corrected chi connectivity index (χ3v) is 3.90. The fraction of sp³-hybridized carbons (Fsp3) is 0.714. The monoisotopic (exact) mass is 220 g/mol. The third kappa shape index (κ3) is 2.11. The van der Waals surface area contributed by atoms with Crippen LogP contribution in [0, 0.1) is 11.8 Å². The van der Waals surface area contributed by atoms with E-state index in [-0.39, 0.29) is 23.4 Å². The van der Waals surface area contributed by atoms with Crippen molar-refractivity contribution >= 4 is 11.6 Å². The van der Waals surface area contributed by atoms with E-state index in [0.717, 1.165) is 50.5 Å². The minimum atomic E-state index is 0.0200. The molecule has 0 heterocycles. The van der Waals surface area contributed by atoms with Crippen molar-refractivity contribution in [3.8, 4) is 0 Å². The summed E-state index contributed by atoms with van der Waals surface area (Å²) in [6.07, 6.45) is 8.61. The van der Waals surface area contributed by atoms with Crippen molar-refractivity contribution in [2.24, 2.45) is 11.8 Å². The molecule has 0 N–H and O–H groups in total. The molecule has 1 saturated carbocycles. The Morgan fingerprint density at radius 1 is 1.19 bits per heavy atom. The maximum Gasteiger partial charge on any atom is 0.162 e. The molecule has 1 fully saturated rings. The van der Waals surface area contributed by atoms with E-state index >= 15 is 0 Å². The number of hydrogen-bond donors (Lipinski definition) is 0. The first kappa shape index (κ1) is 11.6. The van der Waals surface area contributed by atoms with Gasteiger partial charge in [0.2, 0.25) is 0 Å². The molecule has 0 radical (unpaired) electrons. The van der Waals surface area contributed by atoms with Crippen molar-refractivity contribution in [1.29, 1.82) is 0 Å². The lowest BCUT2D eigenvalue weighted by Crippen LogP contribution is -2.36. The summed E-state index contributed by atoms with van der Waals surface area (Å²) in [6.45, 7) is 2.11. The zero-order valence-electron chi connectivity index (χ0n) is 10.00. The van der Waals surface area contributed by atoms with Gasteiger partial charge in [0.15, 0.2) is 11.6 Å². The molecule has 2 nitrogen and oxygen atoms in total. The number of fused-ring (bicyclic) bond motifs is 1. The van der Waals surface area contributed by atoms with Gasteiger partial charge in [-0.3, -0.25) is 9.59 Å². The fourth-order valence-corrected chi connectivity index (χ4v) is 2.94. The summed E-state index contributed by atoms with van der Waals surface area (Å²) in [6, 6.07) is 0. The average molecular weight is 220 g/mol. The maximum atomic E-state index is 12.2. The molecular formula is C14H20O2. The Bertz CT molecular complexity index is 328. The van der Waals surface area contributed by atoms with Crippen LogP contribution >= 0.6 is 0 Å². The van der Waals surface area contributed by atoms with E-state index in [1.54, 1.807) is 6.08 Å². The van der Waals surface area contributed by atoms with E-state index in [0.29, 0.717) is 0 Å². The second kappa shape index (κ2) is 4.94. The number of rotatable bonds is 3. The van der Waals surface area contributed by atoms with Crippen molar-refractivity contribution in [2.45, 2.75) is 51.9 Å². The van der Waals surface area contributed by atoms with Gasteiger partial charge in [-0.05, 0) is 37.3 Å². The summed E-state index contributed by atoms with van der Waals surface area (Å²) in [5.74, 6) is 0.540. The Morgan fingerprint density at radius 2 is 1.88 bits per heavy atom. The molecule has 0 aromatic heterocycles. The molecule has 0 aliphatic heterocycles. The van der Waals surface area contributed by atoms with Crippen molar-refractivity contribution in [2.75, 3.05) is 0 Å². The van der Waals surface area contributed by atoms with Gasteiger partial charge in [0.1, 0.15) is 0 Å². The molecule has 88 valence electrons. The lowest BCUT2D eigenvalue weighted by molar-refractivity contribution is -0.131. The van der Waals surface area contributed by atoms with Gasteiger partial charge < -0.3 is 0 Å². The highest BCUT2D eigenvalue weighted by molar-refractivity contribution is 6.10. The summed E-state index contributed by atoms with van der Waals surface area (Å²) >= 11 is 0. The van der Waals surface area contributed by atoms with Gasteiger partial charge in [-0.15, -0.1) is 0 Å². The first-order valence-electron chi connectivity index (χ1n) is 6.52. The molecular weight excluding hydrogens is 200 g/mol. The molecule has 0 aromatic rings. The van der Waals surface area contributed by atoms with Crippen molar-refractivity contribution in [1.82, 2.24) is 0 Å². The number of Topliss-reactive ketones (excluding diaryl/α,β-unsaturated/α-hetero) is 1. The summed E-state index contributed by atoms with van der Waals surface area (Å²) < 4.78 is 0. The zero-order valence-corrected chi connectivity index (χ0v) is 10.00. The Morgan fingerprint density at radius 3 is 2.56 bits per heavy atom. The third-order valence-electron chi connectivity index (χ3n) is 3.90. The normalized spacial score (nSPS) is 29.9. The summed E-state index contributed by atoms with van der Waals surface area (Å²) in [4.78, 5) is 24.1. The molecule has 16 heavy (non-hydrogen) atoms. The molecule has 0 aromatic carbocycles. The lowest BCUT2D eigenvalue weighted by atomic mass is 9.69. The highest BCUT2D eigenvalue weighted by atomic mass is 16.1. The summed E-state index contributed by atoms with van der Waals surface area (Å²) in [7, 11) is 0. The van der Waals surface area contributed by atoms with Crippen LogP contribution in [0.1, 0.15) is 51.9 Å². The van der Waals surface area contributed by atoms with E-state index in [4.69, 9.17) is 0 Å². The van der Waals surface area contributed by atoms with Gasteiger partial charge in [-0.2, -0.15) is 0 Å². The summed E-state index contributed by atoms with van der Waals surface area (Å²) in [5, 5.41) is 0. The Hall–Kier alpha value is -0.920. The number of carbonyl (C=O) groups is 2. The van der Waals surface area contributed by atoms with Gasteiger partial charge in [0, 0.05) is 11.8 Å². The molecule has 2 aliphatic rings. The fourth-order valence-electron chi connectivity index (χ4n) is 2.94. The molecule has 2 atom stereocenters. The van der Waals surface area contributed by atoms with Crippen LogP contribution in [0.15, 0.2) is 11.6 Å².